The summed E-state index contributed by atoms with van der Waals surface area (Å²) in [6, 6.07) is 10.4. The number of carbonyl (C=O) groups is 3. The molecule has 3 amide bonds. The van der Waals surface area contributed by atoms with Gasteiger partial charge in [0.05, 0.1) is 12.8 Å². The predicted octanol–water partition coefficient (Wildman–Crippen LogP) is 2.26. The number of hydrogen-bond donors (Lipinski definition) is 5. The van der Waals surface area contributed by atoms with E-state index < -0.39 is 23.9 Å². The first kappa shape index (κ1) is 25.2. The van der Waals surface area contributed by atoms with Gasteiger partial charge in [-0.2, -0.15) is 5.10 Å². The molecule has 2 aromatic carbocycles. The summed E-state index contributed by atoms with van der Waals surface area (Å²) in [5, 5.41) is 12.7. The monoisotopic (exact) mass is 473 g/mol. The lowest BCUT2D eigenvalue weighted by Gasteiger charge is -2.15. The third-order valence-corrected chi connectivity index (χ3v) is 4.44. The summed E-state index contributed by atoms with van der Waals surface area (Å²) in [4.78, 5) is 35.9. The van der Waals surface area contributed by atoms with Crippen molar-refractivity contribution >= 4 is 59.0 Å². The number of hydrazine groups is 1. The number of halogens is 1. The van der Waals surface area contributed by atoms with Gasteiger partial charge >= 0.3 is 6.09 Å². The number of benzene rings is 2. The Hall–Kier alpha value is -4.09. The van der Waals surface area contributed by atoms with Crippen molar-refractivity contribution in [2.24, 2.45) is 16.8 Å². The lowest BCUT2D eigenvalue weighted by atomic mass is 10.1. The van der Waals surface area contributed by atoms with Gasteiger partial charge in [-0.25, -0.2) is 10.6 Å². The number of nitrogens with one attached hydrogen (secondary N) is 3. The Morgan fingerprint density at radius 3 is 2.36 bits per heavy atom. The summed E-state index contributed by atoms with van der Waals surface area (Å²) in [5.74, 6) is 10.0. The molecule has 12 heteroatoms. The summed E-state index contributed by atoms with van der Waals surface area (Å²) in [7, 11) is 1.26. The number of anilines is 3. The van der Waals surface area contributed by atoms with Crippen molar-refractivity contribution < 1.29 is 19.1 Å². The number of hydrogen-bond acceptors (Lipinski definition) is 7. The quantitative estimate of drug-likeness (QED) is 0.129. The van der Waals surface area contributed by atoms with Gasteiger partial charge in [0.2, 0.25) is 11.8 Å². The van der Waals surface area contributed by atoms with E-state index in [1.807, 2.05) is 0 Å². The van der Waals surface area contributed by atoms with E-state index in [2.05, 4.69) is 25.8 Å². The van der Waals surface area contributed by atoms with Crippen LogP contribution in [0.15, 0.2) is 53.6 Å². The highest BCUT2D eigenvalue weighted by atomic mass is 35.5. The predicted molar refractivity (Wildman–Crippen MR) is 129 cm³/mol. The Morgan fingerprint density at radius 2 is 1.76 bits per heavy atom. The summed E-state index contributed by atoms with van der Waals surface area (Å²) in [6.07, 6.45) is 3.34. The van der Waals surface area contributed by atoms with Gasteiger partial charge in [0.1, 0.15) is 12.4 Å². The van der Waals surface area contributed by atoms with Crippen LogP contribution in [-0.2, 0) is 14.3 Å². The Bertz CT molecular complexity index is 1060. The summed E-state index contributed by atoms with van der Waals surface area (Å²) in [5.41, 5.74) is 2.03. The molecule has 0 bridgehead atoms. The highest BCUT2D eigenvalue weighted by Crippen LogP contribution is 2.23. The summed E-state index contributed by atoms with van der Waals surface area (Å²) >= 11 is 6.03. The van der Waals surface area contributed by atoms with E-state index in [1.54, 1.807) is 49.4 Å². The van der Waals surface area contributed by atoms with Crippen molar-refractivity contribution in [1.29, 1.82) is 0 Å². The number of carbonyl (C=O) groups excluding carboxylic acids is 3. The lowest BCUT2D eigenvalue weighted by molar-refractivity contribution is -0.123. The Kier molecular flexibility index (Phi) is 9.21. The van der Waals surface area contributed by atoms with Gasteiger partial charge in [-0.05, 0) is 55.5 Å². The molecule has 0 saturated heterocycles. The molecule has 0 spiro atoms. The zero-order valence-corrected chi connectivity index (χ0v) is 18.7. The third kappa shape index (κ3) is 7.83. The van der Waals surface area contributed by atoms with E-state index >= 15 is 0 Å². The van der Waals surface area contributed by atoms with Crippen molar-refractivity contribution in [2.75, 3.05) is 22.8 Å². The molecule has 174 valence electrons. The molecule has 0 aliphatic carbocycles. The van der Waals surface area contributed by atoms with E-state index in [0.717, 1.165) is 0 Å². The molecular formula is C21H24ClN7O4. The van der Waals surface area contributed by atoms with Crippen LogP contribution >= 0.6 is 11.6 Å². The van der Waals surface area contributed by atoms with Crippen LogP contribution < -0.4 is 32.6 Å². The molecule has 0 saturated carbocycles. The van der Waals surface area contributed by atoms with Crippen molar-refractivity contribution in [3.8, 4) is 0 Å². The van der Waals surface area contributed by atoms with E-state index in [9.17, 15) is 14.4 Å². The maximum atomic E-state index is 12.4. The molecule has 2 rings (SSSR count). The van der Waals surface area contributed by atoms with E-state index in [-0.39, 0.29) is 0 Å². The molecule has 2 aromatic rings. The van der Waals surface area contributed by atoms with Gasteiger partial charge in [-0.3, -0.25) is 19.9 Å². The molecule has 0 aromatic heterocycles. The molecule has 33 heavy (non-hydrogen) atoms. The molecule has 0 fully saturated rings. The van der Waals surface area contributed by atoms with Crippen molar-refractivity contribution in [3.63, 3.8) is 0 Å². The van der Waals surface area contributed by atoms with Gasteiger partial charge in [-0.1, -0.05) is 11.6 Å². The van der Waals surface area contributed by atoms with Gasteiger partial charge < -0.3 is 21.2 Å². The normalized spacial score (nSPS) is 11.8. The lowest BCUT2D eigenvalue weighted by Crippen LogP contribution is -2.40. The SMILES string of the molecule is COC(=O)Nc1ccc(NC(=O)C(C)NC(=O)/C=C/c2cc(Cl)ccc2N(N)/C=N\N)cc1. The second kappa shape index (κ2) is 12.1. The topological polar surface area (TPSA) is 164 Å². The van der Waals surface area contributed by atoms with Gasteiger partial charge in [0.15, 0.2) is 0 Å². The van der Waals surface area contributed by atoms with Crippen LogP contribution in [0.1, 0.15) is 12.5 Å². The maximum Gasteiger partial charge on any atom is 0.411 e. The number of rotatable bonds is 8. The fourth-order valence-electron chi connectivity index (χ4n) is 2.58. The van der Waals surface area contributed by atoms with Crippen LogP contribution in [0.2, 0.25) is 5.02 Å². The molecule has 11 nitrogen and oxygen atoms in total. The smallest absolute Gasteiger partial charge is 0.411 e. The van der Waals surface area contributed by atoms with E-state index in [4.69, 9.17) is 23.3 Å². The second-order valence-electron chi connectivity index (χ2n) is 6.62. The third-order valence-electron chi connectivity index (χ3n) is 4.21. The van der Waals surface area contributed by atoms with Crippen molar-refractivity contribution in [2.45, 2.75) is 13.0 Å². The van der Waals surface area contributed by atoms with Gasteiger partial charge in [-0.15, -0.1) is 0 Å². The van der Waals surface area contributed by atoms with Gasteiger partial charge in [0.25, 0.3) is 0 Å². The zero-order valence-electron chi connectivity index (χ0n) is 17.9. The molecular weight excluding hydrogens is 450 g/mol. The summed E-state index contributed by atoms with van der Waals surface area (Å²) < 4.78 is 4.51. The average molecular weight is 474 g/mol. The van der Waals surface area contributed by atoms with Crippen LogP contribution in [0.5, 0.6) is 0 Å². The Balaban J connectivity index is 1.97. The molecule has 0 radical (unpaired) electrons. The Morgan fingerprint density at radius 1 is 1.12 bits per heavy atom. The highest BCUT2D eigenvalue weighted by molar-refractivity contribution is 6.30. The van der Waals surface area contributed by atoms with Crippen molar-refractivity contribution in [3.05, 3.63) is 59.1 Å². The first-order valence-electron chi connectivity index (χ1n) is 9.54. The zero-order chi connectivity index (χ0) is 24.4. The van der Waals surface area contributed by atoms with Crippen LogP contribution in [0.4, 0.5) is 21.9 Å². The molecule has 1 unspecified atom stereocenters. The average Bonchev–Trinajstić information content (AvgIpc) is 2.79. The first-order valence-corrected chi connectivity index (χ1v) is 9.92. The number of hydrazone groups is 1. The van der Waals surface area contributed by atoms with Crippen LogP contribution in [0, 0.1) is 0 Å². The van der Waals surface area contributed by atoms with Crippen LogP contribution in [0.3, 0.4) is 0 Å². The fourth-order valence-corrected chi connectivity index (χ4v) is 2.76. The Labute approximate surface area is 195 Å². The number of nitrogens with two attached hydrogens (primary N) is 2. The molecule has 1 atom stereocenters. The number of methoxy groups -OCH3 is 1. The molecule has 0 aliphatic heterocycles. The van der Waals surface area contributed by atoms with Gasteiger partial charge in [0, 0.05) is 28.0 Å². The number of amides is 3. The number of nitrogens with zero attached hydrogens (tertiary/aromatic N) is 2. The standard InChI is InChI=1S/C21H24ClN7O4/c1-13(20(31)27-16-5-7-17(8-6-16)28-21(32)33-2)26-19(30)10-3-14-11-15(22)4-9-18(14)29(24)12-25-23/h3-13H,23-24H2,1-2H3,(H,26,30)(H,27,31)(H,28,32)/b10-3+,25-12-. The molecule has 0 aliphatic rings. The van der Waals surface area contributed by atoms with Crippen LogP contribution in [0.25, 0.3) is 6.08 Å². The maximum absolute atomic E-state index is 12.4. The first-order chi connectivity index (χ1) is 15.7. The minimum atomic E-state index is -0.829. The molecule has 0 heterocycles. The minimum Gasteiger partial charge on any atom is -0.453 e. The molecule has 7 N–H and O–H groups in total. The number of ether oxygens (including phenoxy) is 1. The largest absolute Gasteiger partial charge is 0.453 e. The second-order valence-corrected chi connectivity index (χ2v) is 7.06. The fraction of sp³-hybridized carbons (Fsp3) is 0.143. The minimum absolute atomic E-state index is 0.429. The van der Waals surface area contributed by atoms with E-state index in [0.29, 0.717) is 27.6 Å². The van der Waals surface area contributed by atoms with Crippen LogP contribution in [-0.4, -0.2) is 37.4 Å². The van der Waals surface area contributed by atoms with Crippen molar-refractivity contribution in [1.82, 2.24) is 5.32 Å². The van der Waals surface area contributed by atoms with E-state index in [1.165, 1.54) is 30.6 Å². The summed E-state index contributed by atoms with van der Waals surface area (Å²) in [6.45, 7) is 1.54. The highest BCUT2D eigenvalue weighted by Gasteiger charge is 2.15.